The number of nitrogens with one attached hydrogen (secondary N) is 1. The Labute approximate surface area is 192 Å². The van der Waals surface area contributed by atoms with Crippen molar-refractivity contribution in [3.05, 3.63) is 0 Å². The lowest BCUT2D eigenvalue weighted by Crippen LogP contribution is -2.63. The Morgan fingerprint density at radius 2 is 1.65 bits per heavy atom. The van der Waals surface area contributed by atoms with Gasteiger partial charge < -0.3 is 29.5 Å². The van der Waals surface area contributed by atoms with Gasteiger partial charge in [0.25, 0.3) is 0 Å². The van der Waals surface area contributed by atoms with Gasteiger partial charge in [-0.2, -0.15) is 30.0 Å². The van der Waals surface area contributed by atoms with Crippen LogP contribution in [0.2, 0.25) is 0 Å². The van der Waals surface area contributed by atoms with E-state index in [9.17, 15) is 45.4 Å². The van der Waals surface area contributed by atoms with Crippen LogP contribution in [0, 0.1) is 0 Å². The van der Waals surface area contributed by atoms with E-state index in [1.165, 1.54) is 4.72 Å². The summed E-state index contributed by atoms with van der Waals surface area (Å²) in [5.41, 5.74) is 0. The van der Waals surface area contributed by atoms with E-state index in [0.717, 1.165) is 0 Å². The molecule has 200 valence electrons. The molecule has 2 rings (SSSR count). The zero-order valence-corrected chi connectivity index (χ0v) is 19.0. The number of carboxylic acids is 1. The van der Waals surface area contributed by atoms with Gasteiger partial charge in [0.2, 0.25) is 0 Å². The van der Waals surface area contributed by atoms with Gasteiger partial charge in [0.1, 0.15) is 24.4 Å². The second-order valence-electron chi connectivity index (χ2n) is 7.01. The number of carbonyl (C=O) groups is 1. The zero-order chi connectivity index (χ0) is 26.1. The summed E-state index contributed by atoms with van der Waals surface area (Å²) in [5, 5.41) is 30.0. The van der Waals surface area contributed by atoms with E-state index in [1.807, 2.05) is 0 Å². The zero-order valence-electron chi connectivity index (χ0n) is 16.5. The van der Waals surface area contributed by atoms with Crippen LogP contribution >= 0.6 is 0 Å². The van der Waals surface area contributed by atoms with Crippen LogP contribution in [0.5, 0.6) is 0 Å². The number of aliphatic carboxylic acids is 1. The average Bonchev–Trinajstić information content (AvgIpc) is 2.63. The standard InChI is InChI=1S/C12H21NO18S3/c14-5-1-4(2-28-33(21,22)23)29-12(7(5)13-32(18,19)20)30-9-8(15)6(31-34(24,25)26)3-27-10(9)11(16)17/h4-10,12-15H,1-3H2,(H,16,17)(H,18,19,20)(H,21,22,23)(H,24,25,26)/t4?,5?,6?,7?,8-,9-,10-,12+/m1/s1. The Hall–Kier alpha value is -1.12. The highest BCUT2D eigenvalue weighted by molar-refractivity contribution is 7.83. The van der Waals surface area contributed by atoms with Gasteiger partial charge in [-0.3, -0.25) is 13.7 Å². The Morgan fingerprint density at radius 3 is 2.15 bits per heavy atom. The van der Waals surface area contributed by atoms with E-state index in [1.54, 1.807) is 0 Å². The van der Waals surface area contributed by atoms with Crippen molar-refractivity contribution < 1.29 is 81.6 Å². The van der Waals surface area contributed by atoms with E-state index in [-0.39, 0.29) is 0 Å². The Balaban J connectivity index is 2.33. The van der Waals surface area contributed by atoms with Crippen molar-refractivity contribution in [3.63, 3.8) is 0 Å². The highest BCUT2D eigenvalue weighted by Gasteiger charge is 2.50. The minimum Gasteiger partial charge on any atom is -0.479 e. The van der Waals surface area contributed by atoms with Gasteiger partial charge in [0.15, 0.2) is 12.4 Å². The number of hydrogen-bond acceptors (Lipinski definition) is 14. The maximum atomic E-state index is 11.5. The van der Waals surface area contributed by atoms with Crippen LogP contribution in [0.25, 0.3) is 0 Å². The third-order valence-electron chi connectivity index (χ3n) is 4.46. The minimum absolute atomic E-state index is 0.552. The van der Waals surface area contributed by atoms with Gasteiger partial charge in [0.05, 0.1) is 25.4 Å². The second-order valence-corrected chi connectivity index (χ2v) is 10.3. The van der Waals surface area contributed by atoms with Gasteiger partial charge in [-0.05, 0) is 0 Å². The molecular formula is C12H21NO18S3. The van der Waals surface area contributed by atoms with Crippen LogP contribution in [0.1, 0.15) is 6.42 Å². The number of aliphatic hydroxyl groups excluding tert-OH is 2. The molecule has 0 bridgehead atoms. The molecule has 19 nitrogen and oxygen atoms in total. The van der Waals surface area contributed by atoms with E-state index in [2.05, 4.69) is 8.37 Å². The quantitative estimate of drug-likeness (QED) is 0.123. The van der Waals surface area contributed by atoms with Gasteiger partial charge in [0, 0.05) is 6.42 Å². The van der Waals surface area contributed by atoms with Crippen LogP contribution in [0.15, 0.2) is 0 Å². The molecule has 0 saturated carbocycles. The Kier molecular flexibility index (Phi) is 9.31. The topological polar surface area (TPSA) is 299 Å². The molecule has 0 amide bonds. The molecule has 2 saturated heterocycles. The summed E-state index contributed by atoms with van der Waals surface area (Å²) < 4.78 is 118. The first-order chi connectivity index (χ1) is 15.4. The first-order valence-corrected chi connectivity index (χ1v) is 13.1. The Bertz CT molecular complexity index is 1040. The lowest BCUT2D eigenvalue weighted by molar-refractivity contribution is -0.291. The number of hydrogen-bond donors (Lipinski definition) is 7. The predicted octanol–water partition coefficient (Wildman–Crippen LogP) is -4.54. The summed E-state index contributed by atoms with van der Waals surface area (Å²) in [6.07, 6.45) is -14.1. The van der Waals surface area contributed by atoms with Gasteiger partial charge in [-0.25, -0.2) is 13.2 Å². The van der Waals surface area contributed by atoms with Crippen molar-refractivity contribution in [1.82, 2.24) is 4.72 Å². The fourth-order valence-corrected chi connectivity index (χ4v) is 4.58. The summed E-state index contributed by atoms with van der Waals surface area (Å²) >= 11 is 0. The molecule has 22 heteroatoms. The minimum atomic E-state index is -5.16. The molecule has 0 radical (unpaired) electrons. The van der Waals surface area contributed by atoms with Crippen molar-refractivity contribution in [2.45, 2.75) is 55.4 Å². The van der Waals surface area contributed by atoms with E-state index in [4.69, 9.17) is 27.9 Å². The highest BCUT2D eigenvalue weighted by atomic mass is 32.3. The largest absolute Gasteiger partial charge is 0.479 e. The third kappa shape index (κ3) is 8.83. The van der Waals surface area contributed by atoms with Crippen LogP contribution in [0.3, 0.4) is 0 Å². The average molecular weight is 563 g/mol. The third-order valence-corrected chi connectivity index (χ3v) is 5.96. The first kappa shape index (κ1) is 29.1. The first-order valence-electron chi connectivity index (χ1n) is 8.90. The van der Waals surface area contributed by atoms with Crippen LogP contribution in [0.4, 0.5) is 0 Å². The molecule has 4 unspecified atom stereocenters. The number of rotatable bonds is 10. The summed E-state index contributed by atoms with van der Waals surface area (Å²) in [4.78, 5) is 11.5. The van der Waals surface area contributed by atoms with Crippen LogP contribution < -0.4 is 4.72 Å². The smallest absolute Gasteiger partial charge is 0.397 e. The number of aliphatic hydroxyl groups is 2. The van der Waals surface area contributed by atoms with Crippen molar-refractivity contribution in [2.75, 3.05) is 13.2 Å². The molecule has 0 aliphatic carbocycles. The maximum Gasteiger partial charge on any atom is 0.397 e. The lowest BCUT2D eigenvalue weighted by Gasteiger charge is -2.43. The van der Waals surface area contributed by atoms with Crippen molar-refractivity contribution in [3.8, 4) is 0 Å². The Morgan fingerprint density at radius 1 is 1.03 bits per heavy atom. The fourth-order valence-electron chi connectivity index (χ4n) is 3.16. The summed E-state index contributed by atoms with van der Waals surface area (Å²) in [6, 6.07) is -1.89. The molecule has 7 N–H and O–H groups in total. The number of carboxylic acid groups (broad SMARTS) is 1. The van der Waals surface area contributed by atoms with Crippen LogP contribution in [-0.4, -0.2) is 122 Å². The molecule has 8 atom stereocenters. The van der Waals surface area contributed by atoms with Gasteiger partial charge in [-0.15, -0.1) is 0 Å². The summed E-state index contributed by atoms with van der Waals surface area (Å²) in [7, 11) is -15.2. The molecule has 2 aliphatic heterocycles. The lowest BCUT2D eigenvalue weighted by atomic mass is 9.98. The summed E-state index contributed by atoms with van der Waals surface area (Å²) in [6.45, 7) is -1.79. The molecule has 2 aliphatic rings. The monoisotopic (exact) mass is 563 g/mol. The second kappa shape index (κ2) is 10.9. The fraction of sp³-hybridized carbons (Fsp3) is 0.917. The highest BCUT2D eigenvalue weighted by Crippen LogP contribution is 2.29. The number of ether oxygens (including phenoxy) is 3. The van der Waals surface area contributed by atoms with Crippen molar-refractivity contribution >= 4 is 37.1 Å². The van der Waals surface area contributed by atoms with Crippen molar-refractivity contribution in [1.29, 1.82) is 0 Å². The molecule has 2 heterocycles. The van der Waals surface area contributed by atoms with Gasteiger partial charge in [-0.1, -0.05) is 0 Å². The molecule has 0 spiro atoms. The SMILES string of the molecule is O=C(O)[C@@H]1OCC(OS(=O)(=O)O)[C@@H](O)[C@H]1O[C@@H]1OC(COS(=O)(=O)O)CC(O)C1NS(=O)(=O)O. The molecule has 0 aromatic carbocycles. The normalized spacial score (nSPS) is 35.7. The van der Waals surface area contributed by atoms with E-state index < -0.39 is 106 Å². The maximum absolute atomic E-state index is 11.5. The van der Waals surface area contributed by atoms with Crippen molar-refractivity contribution in [2.24, 2.45) is 0 Å². The van der Waals surface area contributed by atoms with E-state index >= 15 is 0 Å². The molecule has 34 heavy (non-hydrogen) atoms. The predicted molar refractivity (Wildman–Crippen MR) is 99.9 cm³/mol. The molecular weight excluding hydrogens is 542 g/mol. The van der Waals surface area contributed by atoms with Gasteiger partial charge >= 0.3 is 37.1 Å². The molecule has 2 fully saturated rings. The van der Waals surface area contributed by atoms with E-state index in [0.29, 0.717) is 0 Å². The molecule has 0 aromatic rings. The summed E-state index contributed by atoms with van der Waals surface area (Å²) in [5.74, 6) is -1.75. The van der Waals surface area contributed by atoms with Crippen LogP contribution in [-0.2, 0) is 58.5 Å². The molecule has 0 aromatic heterocycles.